The third kappa shape index (κ3) is 1.96. The molecular formula is C16H11FN2O5S. The first-order valence-electron chi connectivity index (χ1n) is 7.32. The molecule has 0 amide bonds. The van der Waals surface area contributed by atoms with Crippen LogP contribution in [0.15, 0.2) is 55.8 Å². The molecule has 0 spiro atoms. The van der Waals surface area contributed by atoms with Gasteiger partial charge in [0, 0.05) is 0 Å². The second-order valence-electron chi connectivity index (χ2n) is 5.57. The Morgan fingerprint density at radius 1 is 1.08 bits per heavy atom. The summed E-state index contributed by atoms with van der Waals surface area (Å²) in [6.07, 6.45) is 0. The number of aliphatic hydroxyl groups is 1. The van der Waals surface area contributed by atoms with Gasteiger partial charge >= 0.3 is 5.69 Å². The van der Waals surface area contributed by atoms with Gasteiger partial charge in [-0.15, -0.1) is 0 Å². The summed E-state index contributed by atoms with van der Waals surface area (Å²) < 4.78 is 41.2. The second-order valence-corrected chi connectivity index (χ2v) is 7.45. The third-order valence-electron chi connectivity index (χ3n) is 4.18. The summed E-state index contributed by atoms with van der Waals surface area (Å²) >= 11 is 0. The number of fused-ring (bicyclic) bond motifs is 2. The maximum absolute atomic E-state index is 13.7. The fraction of sp³-hybridized carbons (Fsp3) is 0.125. The molecule has 0 fully saturated rings. The highest BCUT2D eigenvalue weighted by Crippen LogP contribution is 2.36. The number of para-hydroxylation sites is 1. The van der Waals surface area contributed by atoms with Crippen LogP contribution in [0.4, 0.5) is 4.39 Å². The lowest BCUT2D eigenvalue weighted by Crippen LogP contribution is -2.42. The Morgan fingerprint density at radius 2 is 1.84 bits per heavy atom. The summed E-state index contributed by atoms with van der Waals surface area (Å²) in [6.45, 7) is -0.704. The SMILES string of the molecule is O=c1c2cccc3c2n(c(=O)n1CCO)-c1cc(F)ccc1S3(=O)=O. The standard InChI is InChI=1S/C16H11FN2O5S/c17-9-4-5-12-11(8-9)19-14-10(2-1-3-13(14)25(12,23)24)15(21)18(6-7-20)16(19)22/h1-5,8,20H,6-7H2. The zero-order chi connectivity index (χ0) is 17.9. The van der Waals surface area contributed by atoms with Crippen LogP contribution in [0.1, 0.15) is 0 Å². The van der Waals surface area contributed by atoms with Crippen LogP contribution >= 0.6 is 0 Å². The third-order valence-corrected chi connectivity index (χ3v) is 6.02. The maximum Gasteiger partial charge on any atom is 0.336 e. The lowest BCUT2D eigenvalue weighted by atomic mass is 10.2. The van der Waals surface area contributed by atoms with Gasteiger partial charge < -0.3 is 5.11 Å². The molecule has 1 aliphatic heterocycles. The lowest BCUT2D eigenvalue weighted by Gasteiger charge is -2.23. The molecule has 0 saturated heterocycles. The predicted molar refractivity (Wildman–Crippen MR) is 86.3 cm³/mol. The molecule has 0 unspecified atom stereocenters. The number of benzene rings is 2. The first-order valence-corrected chi connectivity index (χ1v) is 8.80. The van der Waals surface area contributed by atoms with Crippen LogP contribution in [0.25, 0.3) is 16.6 Å². The normalized spacial score (nSPS) is 14.5. The van der Waals surface area contributed by atoms with Crippen molar-refractivity contribution in [3.8, 4) is 5.69 Å². The van der Waals surface area contributed by atoms with Gasteiger partial charge in [-0.3, -0.25) is 13.9 Å². The molecule has 1 N–H and O–H groups in total. The van der Waals surface area contributed by atoms with Crippen molar-refractivity contribution in [2.45, 2.75) is 16.3 Å². The minimum Gasteiger partial charge on any atom is -0.395 e. The summed E-state index contributed by atoms with van der Waals surface area (Å²) in [7, 11) is -4.01. The van der Waals surface area contributed by atoms with Gasteiger partial charge in [-0.25, -0.2) is 17.6 Å². The van der Waals surface area contributed by atoms with E-state index in [9.17, 15) is 22.4 Å². The maximum atomic E-state index is 13.7. The summed E-state index contributed by atoms with van der Waals surface area (Å²) in [5.74, 6) is -0.715. The van der Waals surface area contributed by atoms with Crippen LogP contribution in [-0.2, 0) is 16.4 Å². The zero-order valence-corrected chi connectivity index (χ0v) is 13.5. The van der Waals surface area contributed by atoms with E-state index < -0.39 is 33.5 Å². The highest BCUT2D eigenvalue weighted by atomic mass is 32.2. The van der Waals surface area contributed by atoms with Crippen molar-refractivity contribution in [2.75, 3.05) is 6.61 Å². The number of hydrogen-bond donors (Lipinski definition) is 1. The molecule has 9 heteroatoms. The molecule has 0 atom stereocenters. The number of hydrogen-bond acceptors (Lipinski definition) is 5. The monoisotopic (exact) mass is 362 g/mol. The molecule has 2 heterocycles. The molecule has 4 rings (SSSR count). The van der Waals surface area contributed by atoms with Gasteiger partial charge in [0.2, 0.25) is 9.84 Å². The first kappa shape index (κ1) is 15.7. The average molecular weight is 362 g/mol. The van der Waals surface area contributed by atoms with E-state index in [1.807, 2.05) is 0 Å². The molecule has 128 valence electrons. The van der Waals surface area contributed by atoms with Gasteiger partial charge in [0.05, 0.1) is 39.5 Å². The van der Waals surface area contributed by atoms with Crippen molar-refractivity contribution in [1.29, 1.82) is 0 Å². The van der Waals surface area contributed by atoms with Crippen molar-refractivity contribution < 1.29 is 17.9 Å². The average Bonchev–Trinajstić information content (AvgIpc) is 2.57. The Kier molecular flexibility index (Phi) is 3.21. The Balaban J connectivity index is 2.36. The molecule has 7 nitrogen and oxygen atoms in total. The van der Waals surface area contributed by atoms with Crippen molar-refractivity contribution in [3.05, 3.63) is 63.1 Å². The van der Waals surface area contributed by atoms with E-state index in [1.165, 1.54) is 18.2 Å². The minimum absolute atomic E-state index is 0.00374. The van der Waals surface area contributed by atoms with Crippen LogP contribution in [-0.4, -0.2) is 29.3 Å². The lowest BCUT2D eigenvalue weighted by molar-refractivity contribution is 0.271. The molecule has 0 bridgehead atoms. The van der Waals surface area contributed by atoms with Crippen LogP contribution in [0.5, 0.6) is 0 Å². The van der Waals surface area contributed by atoms with E-state index in [-0.39, 0.29) is 32.9 Å². The van der Waals surface area contributed by atoms with E-state index in [4.69, 9.17) is 5.11 Å². The van der Waals surface area contributed by atoms with Gasteiger partial charge in [0.25, 0.3) is 5.56 Å². The fourth-order valence-corrected chi connectivity index (χ4v) is 4.75. The highest BCUT2D eigenvalue weighted by molar-refractivity contribution is 7.92. The van der Waals surface area contributed by atoms with Gasteiger partial charge in [-0.2, -0.15) is 0 Å². The van der Waals surface area contributed by atoms with E-state index in [1.54, 1.807) is 0 Å². The quantitative estimate of drug-likeness (QED) is 0.522. The highest BCUT2D eigenvalue weighted by Gasteiger charge is 2.33. The Bertz CT molecular complexity index is 1270. The van der Waals surface area contributed by atoms with E-state index >= 15 is 0 Å². The Labute approximate surface area is 140 Å². The predicted octanol–water partition coefficient (Wildman–Crippen LogP) is 0.430. The molecule has 0 saturated carbocycles. The summed E-state index contributed by atoms with van der Waals surface area (Å²) in [5, 5.41) is 9.14. The van der Waals surface area contributed by atoms with Gasteiger partial charge in [-0.1, -0.05) is 6.07 Å². The van der Waals surface area contributed by atoms with Crippen molar-refractivity contribution in [3.63, 3.8) is 0 Å². The van der Waals surface area contributed by atoms with Gasteiger partial charge in [-0.05, 0) is 30.3 Å². The second kappa shape index (κ2) is 5.11. The number of rotatable bonds is 2. The van der Waals surface area contributed by atoms with Gasteiger partial charge in [0.1, 0.15) is 5.82 Å². The van der Waals surface area contributed by atoms with Crippen molar-refractivity contribution in [2.24, 2.45) is 0 Å². The van der Waals surface area contributed by atoms with Crippen LogP contribution in [0.3, 0.4) is 0 Å². The molecule has 2 aromatic carbocycles. The number of halogens is 1. The molecule has 1 aliphatic rings. The summed E-state index contributed by atoms with van der Waals surface area (Å²) in [5.41, 5.74) is -1.77. The topological polar surface area (TPSA) is 98.4 Å². The minimum atomic E-state index is -4.01. The number of nitrogens with zero attached hydrogens (tertiary/aromatic N) is 2. The molecule has 1 aromatic heterocycles. The molecule has 3 aromatic rings. The molecular weight excluding hydrogens is 351 g/mol. The van der Waals surface area contributed by atoms with Crippen molar-refractivity contribution in [1.82, 2.24) is 9.13 Å². The Hall–Kier alpha value is -2.78. The Morgan fingerprint density at radius 3 is 2.56 bits per heavy atom. The zero-order valence-electron chi connectivity index (χ0n) is 12.6. The number of aliphatic hydroxyl groups excluding tert-OH is 1. The molecule has 0 aliphatic carbocycles. The smallest absolute Gasteiger partial charge is 0.336 e. The van der Waals surface area contributed by atoms with Crippen LogP contribution < -0.4 is 11.2 Å². The molecule has 25 heavy (non-hydrogen) atoms. The van der Waals surface area contributed by atoms with E-state index in [0.717, 1.165) is 27.3 Å². The molecule has 0 radical (unpaired) electrons. The van der Waals surface area contributed by atoms with Gasteiger partial charge in [0.15, 0.2) is 0 Å². The fourth-order valence-electron chi connectivity index (χ4n) is 3.12. The summed E-state index contributed by atoms with van der Waals surface area (Å²) in [6, 6.07) is 7.13. The van der Waals surface area contributed by atoms with Crippen molar-refractivity contribution >= 4 is 20.7 Å². The van der Waals surface area contributed by atoms with E-state index in [0.29, 0.717) is 0 Å². The largest absolute Gasteiger partial charge is 0.395 e. The van der Waals surface area contributed by atoms with Crippen LogP contribution in [0, 0.1) is 5.82 Å². The van der Waals surface area contributed by atoms with E-state index in [2.05, 4.69) is 0 Å². The van der Waals surface area contributed by atoms with Crippen LogP contribution in [0.2, 0.25) is 0 Å². The number of aromatic nitrogens is 2. The first-order chi connectivity index (χ1) is 11.9. The number of sulfone groups is 1. The summed E-state index contributed by atoms with van der Waals surface area (Å²) in [4.78, 5) is 24.9.